The molecule has 2 aromatic heterocycles. The first kappa shape index (κ1) is 11.9. The predicted octanol–water partition coefficient (Wildman–Crippen LogP) is 1.54. The summed E-state index contributed by atoms with van der Waals surface area (Å²) in [7, 11) is 3.89. The molecule has 0 aliphatic heterocycles. The van der Waals surface area contributed by atoms with E-state index >= 15 is 0 Å². The number of aromatic nitrogens is 4. The van der Waals surface area contributed by atoms with Crippen LogP contribution in [0.15, 0.2) is 36.7 Å². The Hall–Kier alpha value is -2.14. The van der Waals surface area contributed by atoms with Crippen molar-refractivity contribution in [1.82, 2.24) is 24.6 Å². The van der Waals surface area contributed by atoms with E-state index in [1.807, 2.05) is 18.8 Å². The summed E-state index contributed by atoms with van der Waals surface area (Å²) in [4.78, 5) is 4.31. The highest BCUT2D eigenvalue weighted by Gasteiger charge is 2.10. The highest BCUT2D eigenvalue weighted by Crippen LogP contribution is 2.20. The van der Waals surface area contributed by atoms with Crippen molar-refractivity contribution in [3.8, 4) is 0 Å². The topological polar surface area (TPSA) is 47.7 Å². The number of benzene rings is 1. The summed E-state index contributed by atoms with van der Waals surface area (Å²) in [6.45, 7) is 1.58. The molecule has 3 aromatic rings. The monoisotopic (exact) mass is 255 g/mol. The third-order valence-corrected chi connectivity index (χ3v) is 3.36. The van der Waals surface area contributed by atoms with E-state index in [1.54, 1.807) is 6.33 Å². The van der Waals surface area contributed by atoms with Crippen LogP contribution in [0.1, 0.15) is 11.5 Å². The highest BCUT2D eigenvalue weighted by molar-refractivity contribution is 5.81. The Labute approximate surface area is 111 Å². The van der Waals surface area contributed by atoms with Gasteiger partial charge in [0.2, 0.25) is 0 Å². The number of nitrogens with zero attached hydrogens (tertiary/aromatic N) is 4. The lowest BCUT2D eigenvalue weighted by atomic mass is 10.2. The van der Waals surface area contributed by atoms with Crippen molar-refractivity contribution in [1.29, 1.82) is 0 Å². The van der Waals surface area contributed by atoms with Crippen LogP contribution in [0.25, 0.3) is 10.9 Å². The third-order valence-electron chi connectivity index (χ3n) is 3.36. The molecule has 1 aromatic carbocycles. The van der Waals surface area contributed by atoms with Crippen LogP contribution in [0.4, 0.5) is 0 Å². The molecule has 0 radical (unpaired) electrons. The first-order chi connectivity index (χ1) is 9.29. The largest absolute Gasteiger partial charge is 0.336 e. The third kappa shape index (κ3) is 2.13. The van der Waals surface area contributed by atoms with E-state index < -0.39 is 0 Å². The van der Waals surface area contributed by atoms with Crippen LogP contribution in [-0.4, -0.2) is 26.4 Å². The molecule has 0 amide bonds. The average Bonchev–Trinajstić information content (AvgIpc) is 2.96. The van der Waals surface area contributed by atoms with E-state index in [0.29, 0.717) is 0 Å². The van der Waals surface area contributed by atoms with E-state index in [0.717, 1.165) is 18.9 Å². The summed E-state index contributed by atoms with van der Waals surface area (Å²) in [6.07, 6.45) is 1.60. The number of aryl methyl sites for hydroxylation is 1. The van der Waals surface area contributed by atoms with Gasteiger partial charge in [0.05, 0.1) is 6.54 Å². The lowest BCUT2D eigenvalue weighted by Gasteiger charge is -2.10. The van der Waals surface area contributed by atoms with Crippen molar-refractivity contribution < 1.29 is 0 Å². The molecular formula is C14H17N5. The fraction of sp³-hybridized carbons (Fsp3) is 0.286. The maximum absolute atomic E-state index is 4.31. The molecule has 0 aliphatic carbocycles. The van der Waals surface area contributed by atoms with Crippen LogP contribution in [0.2, 0.25) is 0 Å². The number of para-hydroxylation sites is 1. The van der Waals surface area contributed by atoms with Gasteiger partial charge < -0.3 is 9.88 Å². The number of fused-ring (bicyclic) bond motifs is 1. The summed E-state index contributed by atoms with van der Waals surface area (Å²) < 4.78 is 4.10. The Morgan fingerprint density at radius 2 is 2.11 bits per heavy atom. The van der Waals surface area contributed by atoms with Crippen molar-refractivity contribution in [3.63, 3.8) is 0 Å². The number of hydrogen-bond acceptors (Lipinski definition) is 3. The Morgan fingerprint density at radius 3 is 2.84 bits per heavy atom. The molecule has 0 saturated heterocycles. The van der Waals surface area contributed by atoms with Crippen LogP contribution in [0.5, 0.6) is 0 Å². The first-order valence-corrected chi connectivity index (χ1v) is 6.34. The Kier molecular flexibility index (Phi) is 3.05. The summed E-state index contributed by atoms with van der Waals surface area (Å²) in [5, 5.41) is 8.60. The second-order valence-electron chi connectivity index (χ2n) is 4.61. The van der Waals surface area contributed by atoms with Gasteiger partial charge in [0.15, 0.2) is 0 Å². The highest BCUT2D eigenvalue weighted by atomic mass is 15.3. The van der Waals surface area contributed by atoms with Gasteiger partial charge in [0.1, 0.15) is 12.2 Å². The summed E-state index contributed by atoms with van der Waals surface area (Å²) in [5.41, 5.74) is 2.49. The standard InChI is InChI=1S/C14H17N5/c1-15-8-12-7-11-5-3-4-6-13(11)19(12)9-14-16-10-17-18(14)2/h3-7,10,15H,8-9H2,1-2H3. The van der Waals surface area contributed by atoms with Gasteiger partial charge in [-0.05, 0) is 24.6 Å². The molecule has 0 saturated carbocycles. The molecule has 0 atom stereocenters. The summed E-state index contributed by atoms with van der Waals surface area (Å²) >= 11 is 0. The zero-order chi connectivity index (χ0) is 13.2. The van der Waals surface area contributed by atoms with Gasteiger partial charge in [-0.2, -0.15) is 5.10 Å². The van der Waals surface area contributed by atoms with Crippen LogP contribution >= 0.6 is 0 Å². The Morgan fingerprint density at radius 1 is 1.26 bits per heavy atom. The summed E-state index contributed by atoms with van der Waals surface area (Å²) in [6, 6.07) is 10.6. The van der Waals surface area contributed by atoms with Crippen LogP contribution < -0.4 is 5.32 Å². The molecule has 0 unspecified atom stereocenters. The summed E-state index contributed by atoms with van der Waals surface area (Å²) in [5.74, 6) is 0.957. The molecule has 2 heterocycles. The number of rotatable bonds is 4. The van der Waals surface area contributed by atoms with E-state index in [-0.39, 0.29) is 0 Å². The molecule has 0 aliphatic rings. The van der Waals surface area contributed by atoms with E-state index in [2.05, 4.69) is 50.3 Å². The maximum atomic E-state index is 4.31. The Bertz CT molecular complexity index is 695. The zero-order valence-corrected chi connectivity index (χ0v) is 11.2. The molecule has 0 fully saturated rings. The van der Waals surface area contributed by atoms with Gasteiger partial charge in [0, 0.05) is 24.8 Å². The van der Waals surface area contributed by atoms with Gasteiger partial charge in [-0.1, -0.05) is 18.2 Å². The molecule has 5 heteroatoms. The normalized spacial score (nSPS) is 11.3. The first-order valence-electron chi connectivity index (χ1n) is 6.34. The van der Waals surface area contributed by atoms with Gasteiger partial charge in [0.25, 0.3) is 0 Å². The second-order valence-corrected chi connectivity index (χ2v) is 4.61. The van der Waals surface area contributed by atoms with E-state index in [4.69, 9.17) is 0 Å². The lowest BCUT2D eigenvalue weighted by Crippen LogP contribution is -2.14. The smallest absolute Gasteiger partial charge is 0.146 e. The Balaban J connectivity index is 2.09. The molecule has 3 rings (SSSR count). The lowest BCUT2D eigenvalue weighted by molar-refractivity contribution is 0.637. The molecule has 0 bridgehead atoms. The van der Waals surface area contributed by atoms with Crippen LogP contribution in [0.3, 0.4) is 0 Å². The van der Waals surface area contributed by atoms with E-state index in [1.165, 1.54) is 16.6 Å². The molecule has 19 heavy (non-hydrogen) atoms. The van der Waals surface area contributed by atoms with Crippen molar-refractivity contribution in [2.75, 3.05) is 7.05 Å². The maximum Gasteiger partial charge on any atom is 0.146 e. The van der Waals surface area contributed by atoms with Crippen molar-refractivity contribution in [2.24, 2.45) is 7.05 Å². The van der Waals surface area contributed by atoms with Crippen LogP contribution in [-0.2, 0) is 20.1 Å². The van der Waals surface area contributed by atoms with Gasteiger partial charge in [-0.25, -0.2) is 4.98 Å². The van der Waals surface area contributed by atoms with Crippen molar-refractivity contribution >= 4 is 10.9 Å². The molecule has 1 N–H and O–H groups in total. The number of hydrogen-bond donors (Lipinski definition) is 1. The minimum atomic E-state index is 0.737. The van der Waals surface area contributed by atoms with Crippen LogP contribution in [0, 0.1) is 0 Å². The zero-order valence-electron chi connectivity index (χ0n) is 11.2. The molecule has 98 valence electrons. The fourth-order valence-corrected chi connectivity index (χ4v) is 2.39. The quantitative estimate of drug-likeness (QED) is 0.769. The average molecular weight is 255 g/mol. The second kappa shape index (κ2) is 4.85. The van der Waals surface area contributed by atoms with Crippen molar-refractivity contribution in [2.45, 2.75) is 13.1 Å². The van der Waals surface area contributed by atoms with Gasteiger partial charge in [-0.15, -0.1) is 0 Å². The minimum absolute atomic E-state index is 0.737. The van der Waals surface area contributed by atoms with Gasteiger partial charge >= 0.3 is 0 Å². The predicted molar refractivity (Wildman–Crippen MR) is 74.8 cm³/mol. The fourth-order valence-electron chi connectivity index (χ4n) is 2.39. The van der Waals surface area contributed by atoms with E-state index in [9.17, 15) is 0 Å². The molecular weight excluding hydrogens is 238 g/mol. The minimum Gasteiger partial charge on any atom is -0.336 e. The SMILES string of the molecule is CNCc1cc2ccccc2n1Cc1ncnn1C. The van der Waals surface area contributed by atoms with Crippen molar-refractivity contribution in [3.05, 3.63) is 48.2 Å². The molecule has 5 nitrogen and oxygen atoms in total. The van der Waals surface area contributed by atoms with Gasteiger partial charge in [-0.3, -0.25) is 4.68 Å². The number of nitrogens with one attached hydrogen (secondary N) is 1. The molecule has 0 spiro atoms.